The van der Waals surface area contributed by atoms with Crippen molar-refractivity contribution in [3.8, 4) is 23.3 Å². The van der Waals surface area contributed by atoms with Crippen molar-refractivity contribution in [2.45, 2.75) is 38.5 Å². The molecule has 0 fully saturated rings. The fraction of sp³-hybridized carbons (Fsp3) is 0.300. The summed E-state index contributed by atoms with van der Waals surface area (Å²) in [7, 11) is 0. The molecule has 154 valence electrons. The Hall–Kier alpha value is -2.92. The highest BCUT2D eigenvalue weighted by Gasteiger charge is 2.35. The van der Waals surface area contributed by atoms with E-state index in [-0.39, 0.29) is 34.3 Å². The first-order chi connectivity index (χ1) is 13.5. The van der Waals surface area contributed by atoms with Gasteiger partial charge in [-0.1, -0.05) is 24.9 Å². The number of rotatable bonds is 7. The van der Waals surface area contributed by atoms with Crippen LogP contribution in [0.4, 0.5) is 13.2 Å². The molecule has 2 aromatic rings. The van der Waals surface area contributed by atoms with Gasteiger partial charge in [0, 0.05) is 6.07 Å². The first kappa shape index (κ1) is 22.4. The first-order valence-corrected chi connectivity index (χ1v) is 8.89. The maximum atomic E-state index is 12.8. The van der Waals surface area contributed by atoms with Crippen LogP contribution in [-0.4, -0.2) is 16.7 Å². The predicted octanol–water partition coefficient (Wildman–Crippen LogP) is 6.04. The Bertz CT molecular complexity index is 956. The lowest BCUT2D eigenvalue weighted by molar-refractivity contribution is -0.154. The molecular weight excluding hydrogens is 411 g/mol. The molecule has 0 heterocycles. The van der Waals surface area contributed by atoms with Crippen LogP contribution in [-0.2, 0) is 11.0 Å². The topological polar surface area (TPSA) is 79.5 Å². The summed E-state index contributed by atoms with van der Waals surface area (Å²) in [6, 6.07) is 8.59. The number of nitrogens with zero attached hydrogens (tertiary/aromatic N) is 1. The standard InChI is InChI=1S/C20H17ClF3NO4/c1-3-8-19(2,18(26)27)29-17-10-14(6-4-12(17)11-25)28-16-7-5-13(9-15(16)21)20(22,23)24/h4-7,9-10H,3,8H2,1-2H3,(H,26,27). The molecule has 0 spiro atoms. The van der Waals surface area contributed by atoms with E-state index in [0.717, 1.165) is 18.2 Å². The van der Waals surface area contributed by atoms with Gasteiger partial charge in [0.25, 0.3) is 0 Å². The Morgan fingerprint density at radius 2 is 1.90 bits per heavy atom. The van der Waals surface area contributed by atoms with Crippen molar-refractivity contribution < 1.29 is 32.5 Å². The van der Waals surface area contributed by atoms with Gasteiger partial charge in [0.15, 0.2) is 0 Å². The number of carboxylic acids is 1. The lowest BCUT2D eigenvalue weighted by Gasteiger charge is -2.26. The summed E-state index contributed by atoms with van der Waals surface area (Å²) in [4.78, 5) is 11.6. The molecule has 5 nitrogen and oxygen atoms in total. The molecule has 0 aliphatic rings. The van der Waals surface area contributed by atoms with Gasteiger partial charge in [0.05, 0.1) is 16.1 Å². The van der Waals surface area contributed by atoms with Gasteiger partial charge in [-0.3, -0.25) is 0 Å². The van der Waals surface area contributed by atoms with Crippen molar-refractivity contribution in [1.82, 2.24) is 0 Å². The highest BCUT2D eigenvalue weighted by molar-refractivity contribution is 6.32. The van der Waals surface area contributed by atoms with Gasteiger partial charge in [0.2, 0.25) is 5.60 Å². The number of halogens is 4. The van der Waals surface area contributed by atoms with Gasteiger partial charge < -0.3 is 14.6 Å². The number of hydrogen-bond acceptors (Lipinski definition) is 4. The average Bonchev–Trinajstić information content (AvgIpc) is 2.63. The quantitative estimate of drug-likeness (QED) is 0.582. The summed E-state index contributed by atoms with van der Waals surface area (Å²) in [5.74, 6) is -1.14. The number of alkyl halides is 3. The number of aliphatic carboxylic acids is 1. The molecule has 1 N–H and O–H groups in total. The van der Waals surface area contributed by atoms with Crippen molar-refractivity contribution in [2.75, 3.05) is 0 Å². The smallest absolute Gasteiger partial charge is 0.416 e. The largest absolute Gasteiger partial charge is 0.478 e. The molecular formula is C20H17ClF3NO4. The maximum absolute atomic E-state index is 12.8. The van der Waals surface area contributed by atoms with Crippen molar-refractivity contribution in [2.24, 2.45) is 0 Å². The average molecular weight is 428 g/mol. The maximum Gasteiger partial charge on any atom is 0.416 e. The van der Waals surface area contributed by atoms with E-state index >= 15 is 0 Å². The minimum absolute atomic E-state index is 0.0219. The van der Waals surface area contributed by atoms with Gasteiger partial charge in [0.1, 0.15) is 23.3 Å². The summed E-state index contributed by atoms with van der Waals surface area (Å²) in [5.41, 5.74) is -2.40. The lowest BCUT2D eigenvalue weighted by atomic mass is 10.0. The highest BCUT2D eigenvalue weighted by atomic mass is 35.5. The molecule has 0 amide bonds. The van der Waals surface area contributed by atoms with Crippen LogP contribution in [0.25, 0.3) is 0 Å². The van der Waals surface area contributed by atoms with E-state index < -0.39 is 23.3 Å². The highest BCUT2D eigenvalue weighted by Crippen LogP contribution is 2.38. The Balaban J connectivity index is 2.36. The van der Waals surface area contributed by atoms with Crippen LogP contribution in [0.5, 0.6) is 17.2 Å². The molecule has 2 rings (SSSR count). The summed E-state index contributed by atoms with van der Waals surface area (Å²) in [6.45, 7) is 3.18. The van der Waals surface area contributed by atoms with E-state index in [1.54, 1.807) is 6.92 Å². The number of carboxylic acid groups (broad SMARTS) is 1. The Morgan fingerprint density at radius 3 is 2.41 bits per heavy atom. The normalized spacial score (nSPS) is 13.3. The molecule has 0 aromatic heterocycles. The van der Waals surface area contributed by atoms with Crippen LogP contribution in [0.1, 0.15) is 37.8 Å². The van der Waals surface area contributed by atoms with Crippen LogP contribution >= 0.6 is 11.6 Å². The number of hydrogen-bond donors (Lipinski definition) is 1. The first-order valence-electron chi connectivity index (χ1n) is 8.51. The summed E-state index contributed by atoms with van der Waals surface area (Å²) in [6.07, 6.45) is -3.82. The van der Waals surface area contributed by atoms with Crippen LogP contribution in [0.3, 0.4) is 0 Å². The molecule has 0 radical (unpaired) electrons. The van der Waals surface area contributed by atoms with Crippen LogP contribution < -0.4 is 9.47 Å². The Morgan fingerprint density at radius 1 is 1.21 bits per heavy atom. The van der Waals surface area contributed by atoms with Crippen molar-refractivity contribution >= 4 is 17.6 Å². The van der Waals surface area contributed by atoms with E-state index in [9.17, 15) is 28.3 Å². The molecule has 1 unspecified atom stereocenters. The molecule has 0 aliphatic carbocycles. The summed E-state index contributed by atoms with van der Waals surface area (Å²) >= 11 is 5.89. The monoisotopic (exact) mass is 427 g/mol. The molecule has 0 saturated heterocycles. The molecule has 2 aromatic carbocycles. The zero-order valence-corrected chi connectivity index (χ0v) is 16.3. The second kappa shape index (κ2) is 8.62. The predicted molar refractivity (Wildman–Crippen MR) is 99.3 cm³/mol. The minimum Gasteiger partial charge on any atom is -0.478 e. The van der Waals surface area contributed by atoms with Gasteiger partial charge in [-0.05, 0) is 43.7 Å². The third-order valence-corrected chi connectivity index (χ3v) is 4.37. The molecule has 29 heavy (non-hydrogen) atoms. The second-order valence-corrected chi connectivity index (χ2v) is 6.81. The van der Waals surface area contributed by atoms with E-state index in [1.165, 1.54) is 25.1 Å². The third kappa shape index (κ3) is 5.33. The molecule has 0 aliphatic heterocycles. The van der Waals surface area contributed by atoms with Gasteiger partial charge in [-0.25, -0.2) is 4.79 Å². The van der Waals surface area contributed by atoms with Crippen LogP contribution in [0.2, 0.25) is 5.02 Å². The van der Waals surface area contributed by atoms with Crippen LogP contribution in [0, 0.1) is 11.3 Å². The van der Waals surface area contributed by atoms with Crippen molar-refractivity contribution in [3.05, 3.63) is 52.5 Å². The Kier molecular flexibility index (Phi) is 6.65. The van der Waals surface area contributed by atoms with Gasteiger partial charge in [-0.15, -0.1) is 0 Å². The lowest BCUT2D eigenvalue weighted by Crippen LogP contribution is -2.41. The molecule has 0 saturated carbocycles. The number of ether oxygens (including phenoxy) is 2. The fourth-order valence-corrected chi connectivity index (χ4v) is 2.77. The molecule has 1 atom stereocenters. The zero-order chi connectivity index (χ0) is 21.8. The van der Waals surface area contributed by atoms with E-state index in [4.69, 9.17) is 21.1 Å². The van der Waals surface area contributed by atoms with E-state index in [2.05, 4.69) is 0 Å². The van der Waals surface area contributed by atoms with Crippen molar-refractivity contribution in [3.63, 3.8) is 0 Å². The van der Waals surface area contributed by atoms with E-state index in [0.29, 0.717) is 6.42 Å². The summed E-state index contributed by atoms with van der Waals surface area (Å²) in [5, 5.41) is 18.5. The molecule has 0 bridgehead atoms. The van der Waals surface area contributed by atoms with E-state index in [1.807, 2.05) is 6.07 Å². The minimum atomic E-state index is -4.54. The van der Waals surface area contributed by atoms with Crippen LogP contribution in [0.15, 0.2) is 36.4 Å². The third-order valence-electron chi connectivity index (χ3n) is 4.08. The number of benzene rings is 2. The van der Waals surface area contributed by atoms with Gasteiger partial charge >= 0.3 is 12.1 Å². The zero-order valence-electron chi connectivity index (χ0n) is 15.5. The fourth-order valence-electron chi connectivity index (χ4n) is 2.55. The molecule has 9 heteroatoms. The van der Waals surface area contributed by atoms with Crippen molar-refractivity contribution in [1.29, 1.82) is 5.26 Å². The number of nitriles is 1. The Labute approximate surface area is 170 Å². The SMILES string of the molecule is CCCC(C)(Oc1cc(Oc2ccc(C(F)(F)F)cc2Cl)ccc1C#N)C(=O)O. The van der Waals surface area contributed by atoms with Gasteiger partial charge in [-0.2, -0.15) is 18.4 Å². The second-order valence-electron chi connectivity index (χ2n) is 6.40. The number of carbonyl (C=O) groups is 1. The summed E-state index contributed by atoms with van der Waals surface area (Å²) < 4.78 is 49.4.